The predicted molar refractivity (Wildman–Crippen MR) is 91.0 cm³/mol. The monoisotopic (exact) mass is 334 g/mol. The third-order valence-corrected chi connectivity index (χ3v) is 4.31. The second kappa shape index (κ2) is 9.27. The molecular formula is C18H26N2O4. The molecule has 0 radical (unpaired) electrons. The van der Waals surface area contributed by atoms with Crippen LogP contribution >= 0.6 is 0 Å². The molecule has 1 heterocycles. The number of rotatable bonds is 6. The number of esters is 1. The zero-order chi connectivity index (χ0) is 17.4. The minimum Gasteiger partial charge on any atom is -0.497 e. The maximum absolute atomic E-state index is 12.4. The number of hydrogen-bond acceptors (Lipinski definition) is 5. The molecule has 0 unspecified atom stereocenters. The van der Waals surface area contributed by atoms with Gasteiger partial charge in [-0.05, 0) is 30.5 Å². The molecule has 1 aromatic carbocycles. The summed E-state index contributed by atoms with van der Waals surface area (Å²) < 4.78 is 9.84. The summed E-state index contributed by atoms with van der Waals surface area (Å²) in [7, 11) is 3.04. The standard InChI is InChI=1S/C18H26N2O4/c1-23-16-7-4-15(5-8-16)6-9-17(21)20-11-3-10-19(12-13-20)14-18(22)24-2/h4-5,7-8H,3,6,9-14H2,1-2H3. The van der Waals surface area contributed by atoms with Crippen LogP contribution in [0.25, 0.3) is 0 Å². The Morgan fingerprint density at radius 1 is 1.04 bits per heavy atom. The van der Waals surface area contributed by atoms with Gasteiger partial charge in [0.05, 0.1) is 20.8 Å². The Balaban J connectivity index is 1.78. The molecule has 1 aliphatic rings. The van der Waals surface area contributed by atoms with Crippen molar-refractivity contribution in [1.29, 1.82) is 0 Å². The lowest BCUT2D eigenvalue weighted by Gasteiger charge is -2.21. The van der Waals surface area contributed by atoms with Crippen LogP contribution in [-0.2, 0) is 20.7 Å². The number of nitrogens with zero attached hydrogens (tertiary/aromatic N) is 2. The van der Waals surface area contributed by atoms with Crippen LogP contribution in [0.15, 0.2) is 24.3 Å². The smallest absolute Gasteiger partial charge is 0.319 e. The number of carbonyl (C=O) groups is 2. The Labute approximate surface area is 143 Å². The van der Waals surface area contributed by atoms with Crippen LogP contribution < -0.4 is 4.74 Å². The van der Waals surface area contributed by atoms with Crippen molar-refractivity contribution in [1.82, 2.24) is 9.80 Å². The van der Waals surface area contributed by atoms with Crippen LogP contribution in [0.4, 0.5) is 0 Å². The van der Waals surface area contributed by atoms with Gasteiger partial charge in [-0.15, -0.1) is 0 Å². The van der Waals surface area contributed by atoms with E-state index >= 15 is 0 Å². The second-order valence-electron chi connectivity index (χ2n) is 5.93. The highest BCUT2D eigenvalue weighted by Gasteiger charge is 2.20. The second-order valence-corrected chi connectivity index (χ2v) is 5.93. The van der Waals surface area contributed by atoms with Crippen molar-refractivity contribution in [3.63, 3.8) is 0 Å². The molecular weight excluding hydrogens is 308 g/mol. The Bertz CT molecular complexity index is 544. The molecule has 6 heteroatoms. The first kappa shape index (κ1) is 18.3. The molecule has 0 N–H and O–H groups in total. The molecule has 0 spiro atoms. The molecule has 0 saturated carbocycles. The topological polar surface area (TPSA) is 59.1 Å². The van der Waals surface area contributed by atoms with Gasteiger partial charge in [0.2, 0.25) is 5.91 Å². The molecule has 0 aliphatic carbocycles. The molecule has 0 aromatic heterocycles. The fourth-order valence-corrected chi connectivity index (χ4v) is 2.83. The van der Waals surface area contributed by atoms with Crippen molar-refractivity contribution >= 4 is 11.9 Å². The van der Waals surface area contributed by atoms with Gasteiger partial charge in [-0.1, -0.05) is 12.1 Å². The van der Waals surface area contributed by atoms with E-state index in [0.717, 1.165) is 37.2 Å². The minimum absolute atomic E-state index is 0.172. The number of amides is 1. The van der Waals surface area contributed by atoms with Crippen LogP contribution in [0.5, 0.6) is 5.75 Å². The van der Waals surface area contributed by atoms with E-state index in [1.807, 2.05) is 34.1 Å². The predicted octanol–water partition coefficient (Wildman–Crippen LogP) is 1.34. The SMILES string of the molecule is COC(=O)CN1CCCN(C(=O)CCc2ccc(OC)cc2)CC1. The molecule has 24 heavy (non-hydrogen) atoms. The molecule has 1 saturated heterocycles. The molecule has 6 nitrogen and oxygen atoms in total. The van der Waals surface area contributed by atoms with Crippen molar-refractivity contribution in [2.45, 2.75) is 19.3 Å². The molecule has 1 aliphatic heterocycles. The number of benzene rings is 1. The van der Waals surface area contributed by atoms with Gasteiger partial charge in [0, 0.05) is 32.6 Å². The Hall–Kier alpha value is -2.08. The highest BCUT2D eigenvalue weighted by atomic mass is 16.5. The lowest BCUT2D eigenvalue weighted by atomic mass is 10.1. The van der Waals surface area contributed by atoms with Gasteiger partial charge < -0.3 is 14.4 Å². The average Bonchev–Trinajstić information content (AvgIpc) is 2.85. The van der Waals surface area contributed by atoms with Gasteiger partial charge in [-0.3, -0.25) is 14.5 Å². The quantitative estimate of drug-likeness (QED) is 0.735. The van der Waals surface area contributed by atoms with Gasteiger partial charge in [-0.2, -0.15) is 0 Å². The number of methoxy groups -OCH3 is 2. The number of hydrogen-bond donors (Lipinski definition) is 0. The Morgan fingerprint density at radius 2 is 1.79 bits per heavy atom. The van der Waals surface area contributed by atoms with Gasteiger partial charge in [0.25, 0.3) is 0 Å². The summed E-state index contributed by atoms with van der Waals surface area (Å²) in [6.07, 6.45) is 2.11. The van der Waals surface area contributed by atoms with E-state index < -0.39 is 0 Å². The van der Waals surface area contributed by atoms with E-state index in [2.05, 4.69) is 0 Å². The van der Waals surface area contributed by atoms with Crippen molar-refractivity contribution in [2.75, 3.05) is 46.9 Å². The van der Waals surface area contributed by atoms with Gasteiger partial charge in [0.15, 0.2) is 0 Å². The van der Waals surface area contributed by atoms with Gasteiger partial charge in [0.1, 0.15) is 5.75 Å². The molecule has 132 valence electrons. The summed E-state index contributed by atoms with van der Waals surface area (Å²) in [6, 6.07) is 7.81. The molecule has 2 rings (SSSR count). The van der Waals surface area contributed by atoms with Crippen molar-refractivity contribution in [2.24, 2.45) is 0 Å². The highest BCUT2D eigenvalue weighted by Crippen LogP contribution is 2.13. The van der Waals surface area contributed by atoms with Crippen molar-refractivity contribution in [3.05, 3.63) is 29.8 Å². The first-order chi connectivity index (χ1) is 11.6. The molecule has 1 aromatic rings. The van der Waals surface area contributed by atoms with Gasteiger partial charge in [-0.25, -0.2) is 0 Å². The Morgan fingerprint density at radius 3 is 2.46 bits per heavy atom. The highest BCUT2D eigenvalue weighted by molar-refractivity contribution is 5.76. The maximum atomic E-state index is 12.4. The number of ether oxygens (including phenoxy) is 2. The third kappa shape index (κ3) is 5.53. The van der Waals surface area contributed by atoms with Crippen LogP contribution in [0.3, 0.4) is 0 Å². The van der Waals surface area contributed by atoms with Crippen LogP contribution in [0.2, 0.25) is 0 Å². The van der Waals surface area contributed by atoms with E-state index in [9.17, 15) is 9.59 Å². The minimum atomic E-state index is -0.228. The summed E-state index contributed by atoms with van der Waals surface area (Å²) in [5.74, 6) is 0.767. The van der Waals surface area contributed by atoms with Gasteiger partial charge >= 0.3 is 5.97 Å². The summed E-state index contributed by atoms with van der Waals surface area (Å²) in [6.45, 7) is 3.24. The first-order valence-electron chi connectivity index (χ1n) is 8.32. The summed E-state index contributed by atoms with van der Waals surface area (Å²) in [4.78, 5) is 27.7. The zero-order valence-corrected chi connectivity index (χ0v) is 14.5. The van der Waals surface area contributed by atoms with Crippen molar-refractivity contribution < 1.29 is 19.1 Å². The lowest BCUT2D eigenvalue weighted by molar-refractivity contribution is -0.141. The summed E-state index contributed by atoms with van der Waals surface area (Å²) in [5.41, 5.74) is 1.13. The fraction of sp³-hybridized carbons (Fsp3) is 0.556. The van der Waals surface area contributed by atoms with Crippen molar-refractivity contribution in [3.8, 4) is 5.75 Å². The largest absolute Gasteiger partial charge is 0.497 e. The van der Waals surface area contributed by atoms with E-state index in [0.29, 0.717) is 26.1 Å². The Kier molecular flexibility index (Phi) is 7.06. The number of aryl methyl sites for hydroxylation is 1. The molecule has 0 bridgehead atoms. The first-order valence-corrected chi connectivity index (χ1v) is 8.32. The molecule has 1 fully saturated rings. The third-order valence-electron chi connectivity index (χ3n) is 4.31. The van der Waals surface area contributed by atoms with E-state index in [-0.39, 0.29) is 11.9 Å². The normalized spacial score (nSPS) is 15.7. The molecule has 1 amide bonds. The summed E-state index contributed by atoms with van der Waals surface area (Å²) >= 11 is 0. The average molecular weight is 334 g/mol. The van der Waals surface area contributed by atoms with E-state index in [4.69, 9.17) is 9.47 Å². The number of carbonyl (C=O) groups excluding carboxylic acids is 2. The molecule has 0 atom stereocenters. The van der Waals surface area contributed by atoms with Crippen LogP contribution in [-0.4, -0.2) is 68.6 Å². The van der Waals surface area contributed by atoms with E-state index in [1.54, 1.807) is 7.11 Å². The van der Waals surface area contributed by atoms with E-state index in [1.165, 1.54) is 7.11 Å². The maximum Gasteiger partial charge on any atom is 0.319 e. The fourth-order valence-electron chi connectivity index (χ4n) is 2.83. The van der Waals surface area contributed by atoms with Crippen LogP contribution in [0, 0.1) is 0 Å². The zero-order valence-electron chi connectivity index (χ0n) is 14.5. The summed E-state index contributed by atoms with van der Waals surface area (Å²) in [5, 5.41) is 0. The lowest BCUT2D eigenvalue weighted by Crippen LogP contribution is -2.37. The van der Waals surface area contributed by atoms with Crippen LogP contribution in [0.1, 0.15) is 18.4 Å².